The Balaban J connectivity index is 1.27. The van der Waals surface area contributed by atoms with E-state index in [-0.39, 0.29) is 24.3 Å². The number of benzene rings is 1. The second kappa shape index (κ2) is 7.67. The van der Waals surface area contributed by atoms with Gasteiger partial charge in [0, 0.05) is 38.4 Å². The van der Waals surface area contributed by atoms with E-state index in [4.69, 9.17) is 0 Å². The van der Waals surface area contributed by atoms with Crippen molar-refractivity contribution in [2.45, 2.75) is 37.3 Å². The van der Waals surface area contributed by atoms with Gasteiger partial charge < -0.3 is 15.3 Å². The molecule has 2 saturated heterocycles. The first-order valence-electron chi connectivity index (χ1n) is 10.0. The first-order chi connectivity index (χ1) is 13.5. The Kier molecular flexibility index (Phi) is 5.25. The maximum Gasteiger partial charge on any atom is 0.325 e. The molecule has 1 aromatic carbocycles. The summed E-state index contributed by atoms with van der Waals surface area (Å²) in [6.07, 6.45) is 2.50. The number of aliphatic hydroxyl groups excluding tert-OH is 1. The van der Waals surface area contributed by atoms with Crippen LogP contribution in [0.4, 0.5) is 14.9 Å². The first kappa shape index (κ1) is 19.1. The van der Waals surface area contributed by atoms with Crippen LogP contribution >= 0.6 is 0 Å². The number of urea groups is 1. The molecule has 0 radical (unpaired) electrons. The van der Waals surface area contributed by atoms with Gasteiger partial charge in [-0.15, -0.1) is 0 Å². The Morgan fingerprint density at radius 2 is 1.68 bits per heavy atom. The number of β-amino-alcohol motifs (C(OH)–C–C–N with tert-alkyl or cyclic N) is 1. The number of hydrogen-bond acceptors (Lipinski definition) is 5. The molecular weight excluding hydrogens is 363 g/mol. The molecule has 3 amide bonds. The van der Waals surface area contributed by atoms with Gasteiger partial charge in [0.1, 0.15) is 11.4 Å². The maximum atomic E-state index is 13.1. The van der Waals surface area contributed by atoms with Crippen molar-refractivity contribution in [3.8, 4) is 0 Å². The molecule has 3 fully saturated rings. The van der Waals surface area contributed by atoms with E-state index >= 15 is 0 Å². The second-order valence-corrected chi connectivity index (χ2v) is 8.05. The first-order valence-corrected chi connectivity index (χ1v) is 10.0. The lowest BCUT2D eigenvalue weighted by Crippen LogP contribution is -2.51. The fourth-order valence-electron chi connectivity index (χ4n) is 4.57. The molecule has 4 rings (SSSR count). The fraction of sp³-hybridized carbons (Fsp3) is 0.600. The standard InChI is InChI=1S/C20H27FN4O3/c21-15-3-5-16(6-4-15)24-11-9-23(10-12-24)13-17(26)14-25-18(27)20(22-19(25)28)7-1-2-8-20/h3-6,17,26H,1-2,7-14H2,(H,22,28)/t17-/m0/s1. The number of imide groups is 1. The van der Waals surface area contributed by atoms with E-state index in [1.165, 1.54) is 17.0 Å². The summed E-state index contributed by atoms with van der Waals surface area (Å²) in [5, 5.41) is 13.3. The summed E-state index contributed by atoms with van der Waals surface area (Å²) in [5.41, 5.74) is 0.264. The topological polar surface area (TPSA) is 76.1 Å². The van der Waals surface area contributed by atoms with Gasteiger partial charge in [-0.1, -0.05) is 12.8 Å². The van der Waals surface area contributed by atoms with Gasteiger partial charge in [-0.2, -0.15) is 0 Å². The molecule has 3 aliphatic rings. The van der Waals surface area contributed by atoms with Crippen LogP contribution in [0.25, 0.3) is 0 Å². The van der Waals surface area contributed by atoms with E-state index in [0.29, 0.717) is 19.4 Å². The quantitative estimate of drug-likeness (QED) is 0.739. The van der Waals surface area contributed by atoms with Crippen LogP contribution in [0.3, 0.4) is 0 Å². The largest absolute Gasteiger partial charge is 0.390 e. The Labute approximate surface area is 164 Å². The van der Waals surface area contributed by atoms with Crippen molar-refractivity contribution in [3.05, 3.63) is 30.1 Å². The zero-order valence-electron chi connectivity index (χ0n) is 15.9. The number of carbonyl (C=O) groups is 2. The van der Waals surface area contributed by atoms with Gasteiger partial charge >= 0.3 is 6.03 Å². The molecule has 2 heterocycles. The summed E-state index contributed by atoms with van der Waals surface area (Å²) < 4.78 is 13.1. The minimum atomic E-state index is -0.774. The van der Waals surface area contributed by atoms with Gasteiger partial charge in [0.2, 0.25) is 0 Å². The van der Waals surface area contributed by atoms with Crippen LogP contribution in [0.5, 0.6) is 0 Å². The average molecular weight is 390 g/mol. The molecule has 0 bridgehead atoms. The Bertz CT molecular complexity index is 727. The van der Waals surface area contributed by atoms with Gasteiger partial charge in [0.05, 0.1) is 12.6 Å². The van der Waals surface area contributed by atoms with Gasteiger partial charge in [-0.3, -0.25) is 14.6 Å². The molecule has 7 nitrogen and oxygen atoms in total. The number of anilines is 1. The Morgan fingerprint density at radius 1 is 1.04 bits per heavy atom. The van der Waals surface area contributed by atoms with Crippen LogP contribution < -0.4 is 10.2 Å². The average Bonchev–Trinajstić information content (AvgIpc) is 3.24. The highest BCUT2D eigenvalue weighted by Crippen LogP contribution is 2.35. The zero-order valence-corrected chi connectivity index (χ0v) is 15.9. The minimum absolute atomic E-state index is 0.0323. The highest BCUT2D eigenvalue weighted by Gasteiger charge is 2.52. The van der Waals surface area contributed by atoms with Crippen LogP contribution in [-0.2, 0) is 4.79 Å². The van der Waals surface area contributed by atoms with Crippen LogP contribution in [0.2, 0.25) is 0 Å². The molecule has 8 heteroatoms. The molecule has 1 aromatic rings. The van der Waals surface area contributed by atoms with Crippen molar-refractivity contribution in [2.24, 2.45) is 0 Å². The molecule has 0 aromatic heterocycles. The smallest absolute Gasteiger partial charge is 0.325 e. The number of hydrogen-bond donors (Lipinski definition) is 2. The predicted molar refractivity (Wildman–Crippen MR) is 103 cm³/mol. The lowest BCUT2D eigenvalue weighted by Gasteiger charge is -2.37. The Morgan fingerprint density at radius 3 is 2.32 bits per heavy atom. The van der Waals surface area contributed by atoms with E-state index in [0.717, 1.165) is 44.7 Å². The fourth-order valence-corrected chi connectivity index (χ4v) is 4.57. The van der Waals surface area contributed by atoms with E-state index in [2.05, 4.69) is 15.1 Å². The number of carbonyl (C=O) groups excluding carboxylic acids is 2. The van der Waals surface area contributed by atoms with Crippen LogP contribution in [0.15, 0.2) is 24.3 Å². The molecule has 28 heavy (non-hydrogen) atoms. The number of amides is 3. The van der Waals surface area contributed by atoms with Crippen molar-refractivity contribution >= 4 is 17.6 Å². The molecule has 1 saturated carbocycles. The third-order valence-corrected chi connectivity index (χ3v) is 6.13. The predicted octanol–water partition coefficient (Wildman–Crippen LogP) is 1.17. The summed E-state index contributed by atoms with van der Waals surface area (Å²) in [7, 11) is 0. The maximum absolute atomic E-state index is 13.1. The van der Waals surface area contributed by atoms with Crippen molar-refractivity contribution in [1.29, 1.82) is 0 Å². The molecule has 152 valence electrons. The molecule has 0 unspecified atom stereocenters. The lowest BCUT2D eigenvalue weighted by atomic mass is 9.98. The third-order valence-electron chi connectivity index (χ3n) is 6.13. The monoisotopic (exact) mass is 390 g/mol. The van der Waals surface area contributed by atoms with Gasteiger partial charge in [-0.25, -0.2) is 9.18 Å². The molecule has 2 aliphatic heterocycles. The number of rotatable bonds is 5. The molecule has 1 aliphatic carbocycles. The van der Waals surface area contributed by atoms with E-state index in [9.17, 15) is 19.1 Å². The zero-order chi connectivity index (χ0) is 19.7. The number of nitrogens with one attached hydrogen (secondary N) is 1. The third kappa shape index (κ3) is 3.71. The summed E-state index contributed by atoms with van der Waals surface area (Å²) in [4.78, 5) is 30.4. The van der Waals surface area contributed by atoms with Crippen LogP contribution in [-0.4, -0.2) is 77.8 Å². The number of halogens is 1. The van der Waals surface area contributed by atoms with Gasteiger partial charge in [-0.05, 0) is 37.1 Å². The summed E-state index contributed by atoms with van der Waals surface area (Å²) in [6.45, 7) is 3.54. The molecule has 1 spiro atoms. The molecular formula is C20H27FN4O3. The van der Waals surface area contributed by atoms with Crippen molar-refractivity contribution in [2.75, 3.05) is 44.2 Å². The van der Waals surface area contributed by atoms with E-state index in [1.807, 2.05) is 0 Å². The summed E-state index contributed by atoms with van der Waals surface area (Å²) in [5.74, 6) is -0.430. The van der Waals surface area contributed by atoms with Gasteiger partial charge in [0.25, 0.3) is 5.91 Å². The molecule has 2 N–H and O–H groups in total. The molecule has 1 atom stereocenters. The second-order valence-electron chi connectivity index (χ2n) is 8.05. The van der Waals surface area contributed by atoms with Crippen LogP contribution in [0, 0.1) is 5.82 Å². The number of nitrogens with zero attached hydrogens (tertiary/aromatic N) is 3. The highest BCUT2D eigenvalue weighted by atomic mass is 19.1. The SMILES string of the molecule is O=C1NC2(CCCC2)C(=O)N1C[C@@H](O)CN1CCN(c2ccc(F)cc2)CC1. The summed E-state index contributed by atoms with van der Waals surface area (Å²) >= 11 is 0. The minimum Gasteiger partial charge on any atom is -0.390 e. The van der Waals surface area contributed by atoms with Crippen molar-refractivity contribution < 1.29 is 19.1 Å². The van der Waals surface area contributed by atoms with Crippen molar-refractivity contribution in [3.63, 3.8) is 0 Å². The summed E-state index contributed by atoms with van der Waals surface area (Å²) in [6, 6.07) is 6.08. The number of aliphatic hydroxyl groups is 1. The Hall–Kier alpha value is -2.19. The normalized spacial score (nSPS) is 23.5. The lowest BCUT2D eigenvalue weighted by molar-refractivity contribution is -0.132. The van der Waals surface area contributed by atoms with E-state index < -0.39 is 11.6 Å². The van der Waals surface area contributed by atoms with Crippen LogP contribution in [0.1, 0.15) is 25.7 Å². The van der Waals surface area contributed by atoms with E-state index in [1.54, 1.807) is 12.1 Å². The van der Waals surface area contributed by atoms with Gasteiger partial charge in [0.15, 0.2) is 0 Å². The highest BCUT2D eigenvalue weighted by molar-refractivity contribution is 6.07. The van der Waals surface area contributed by atoms with Crippen molar-refractivity contribution in [1.82, 2.24) is 15.1 Å². The number of piperazine rings is 1.